The molecule has 4 saturated heterocycles. The normalized spacial score (nSPS) is 31.9. The summed E-state index contributed by atoms with van der Waals surface area (Å²) in [6.45, 7) is 0.551. The molecule has 6 atom stereocenters. The average Bonchev–Trinajstić information content (AvgIpc) is 3.70. The van der Waals surface area contributed by atoms with Crippen LogP contribution in [0.15, 0.2) is 66.7 Å². The van der Waals surface area contributed by atoms with Crippen LogP contribution in [0.1, 0.15) is 49.4 Å². The highest BCUT2D eigenvalue weighted by molar-refractivity contribution is 6.01. The Morgan fingerprint density at radius 3 is 1.55 bits per heavy atom. The lowest BCUT2D eigenvalue weighted by atomic mass is 10.1. The fraction of sp³-hybridized carbons (Fsp3) is 0.387. The highest BCUT2D eigenvalue weighted by atomic mass is 16.6. The number of carbonyl (C=O) groups excluding carboxylic acids is 2. The van der Waals surface area contributed by atoms with Crippen molar-refractivity contribution in [2.45, 2.75) is 50.1 Å². The third-order valence-corrected chi connectivity index (χ3v) is 9.40. The molecule has 4 fully saturated rings. The number of rotatable bonds is 6. The summed E-state index contributed by atoms with van der Waals surface area (Å²) in [7, 11) is 3.06. The molecular formula is C31H33N5O6. The number of nitrogens with zero attached hydrogens (tertiary/aromatic N) is 5. The van der Waals surface area contributed by atoms with Crippen molar-refractivity contribution in [3.05, 3.63) is 88.5 Å². The number of benzene rings is 2. The molecule has 0 unspecified atom stereocenters. The number of pyridine rings is 1. The van der Waals surface area contributed by atoms with Crippen LogP contribution < -0.4 is 19.3 Å². The third-order valence-electron chi connectivity index (χ3n) is 9.40. The van der Waals surface area contributed by atoms with E-state index in [0.29, 0.717) is 59.9 Å². The summed E-state index contributed by atoms with van der Waals surface area (Å²) in [6.07, 6.45) is 0.323. The Morgan fingerprint density at radius 1 is 0.690 bits per heavy atom. The van der Waals surface area contributed by atoms with E-state index in [1.165, 1.54) is 24.0 Å². The summed E-state index contributed by atoms with van der Waals surface area (Å²) in [5, 5.41) is 29.1. The number of methoxy groups -OCH3 is 2. The third kappa shape index (κ3) is 3.64. The molecule has 0 spiro atoms. The van der Waals surface area contributed by atoms with Gasteiger partial charge in [0.15, 0.2) is 12.1 Å². The lowest BCUT2D eigenvalue weighted by molar-refractivity contribution is -0.905. The van der Waals surface area contributed by atoms with Gasteiger partial charge in [0.25, 0.3) is 11.8 Å². The number of para-hydroxylation sites is 4. The minimum absolute atomic E-state index is 0.261. The van der Waals surface area contributed by atoms with Gasteiger partial charge in [0, 0.05) is 25.7 Å². The molecule has 11 heteroatoms. The molecule has 5 heterocycles. The molecule has 0 saturated carbocycles. The van der Waals surface area contributed by atoms with Gasteiger partial charge < -0.3 is 29.2 Å². The largest absolute Gasteiger partial charge is 0.630 e. The minimum Gasteiger partial charge on any atom is -0.630 e. The Hall–Kier alpha value is -4.03. The maximum Gasteiger partial charge on any atom is 0.290 e. The molecule has 2 amide bonds. The molecule has 0 aliphatic carbocycles. The molecule has 218 valence electrons. The van der Waals surface area contributed by atoms with E-state index < -0.39 is 33.7 Å². The van der Waals surface area contributed by atoms with Crippen molar-refractivity contribution in [3.63, 3.8) is 0 Å². The van der Waals surface area contributed by atoms with E-state index in [1.54, 1.807) is 54.6 Å². The summed E-state index contributed by atoms with van der Waals surface area (Å²) in [5.74, 6) is 0.436. The van der Waals surface area contributed by atoms with Crippen molar-refractivity contribution in [1.29, 1.82) is 0 Å². The average molecular weight is 572 g/mol. The predicted octanol–water partition coefficient (Wildman–Crippen LogP) is 4.14. The van der Waals surface area contributed by atoms with Crippen LogP contribution in [0.25, 0.3) is 0 Å². The first-order chi connectivity index (χ1) is 20.3. The molecule has 0 N–H and O–H groups in total. The van der Waals surface area contributed by atoms with Crippen LogP contribution in [-0.2, 0) is 9.59 Å². The van der Waals surface area contributed by atoms with Gasteiger partial charge in [0.05, 0.1) is 38.7 Å². The highest BCUT2D eigenvalue weighted by Gasteiger charge is 2.61. The van der Waals surface area contributed by atoms with Gasteiger partial charge in [-0.2, -0.15) is 0 Å². The molecule has 7 rings (SSSR count). The van der Waals surface area contributed by atoms with E-state index in [2.05, 4.69) is 0 Å². The molecule has 0 bridgehead atoms. The Morgan fingerprint density at radius 2 is 1.12 bits per heavy atom. The second-order valence-corrected chi connectivity index (χ2v) is 11.5. The zero-order valence-corrected chi connectivity index (χ0v) is 23.6. The van der Waals surface area contributed by atoms with Gasteiger partial charge >= 0.3 is 0 Å². The van der Waals surface area contributed by atoms with Crippen LogP contribution in [-0.4, -0.2) is 65.5 Å². The SMILES string of the molecule is COc1ccccc1N1C(=O)[C@@H]2CCC[N@+]2([O-])[C@H]1c1cccc([C@H]2N(c3ccccc3OC)C(=O)[C@@H]3CCC[N@@+]32[O-])n1. The minimum atomic E-state index is -0.965. The van der Waals surface area contributed by atoms with Crippen molar-refractivity contribution in [1.82, 2.24) is 4.98 Å². The van der Waals surface area contributed by atoms with Crippen LogP contribution >= 0.6 is 0 Å². The monoisotopic (exact) mass is 571 g/mol. The van der Waals surface area contributed by atoms with E-state index in [-0.39, 0.29) is 24.9 Å². The second-order valence-electron chi connectivity index (χ2n) is 11.5. The lowest BCUT2D eigenvalue weighted by Crippen LogP contribution is -2.47. The van der Waals surface area contributed by atoms with Crippen LogP contribution in [0.3, 0.4) is 0 Å². The fourth-order valence-electron chi connectivity index (χ4n) is 7.60. The van der Waals surface area contributed by atoms with Gasteiger partial charge in [-0.25, -0.2) is 14.8 Å². The Bertz CT molecular complexity index is 1460. The highest BCUT2D eigenvalue weighted by Crippen LogP contribution is 2.52. The van der Waals surface area contributed by atoms with Gasteiger partial charge in [0.1, 0.15) is 22.9 Å². The number of hydrogen-bond acceptors (Lipinski definition) is 7. The van der Waals surface area contributed by atoms with Crippen LogP contribution in [0.5, 0.6) is 11.5 Å². The summed E-state index contributed by atoms with van der Waals surface area (Å²) >= 11 is 0. The smallest absolute Gasteiger partial charge is 0.290 e. The molecule has 11 nitrogen and oxygen atoms in total. The standard InChI is InChI=1S/C31H33N5O6/c1-41-26-16-5-3-12-22(26)33-28(35(39)18-8-14-24(35)30(33)37)20-10-7-11-21(32-20)29-34(23-13-4-6-17-27(23)42-2)31(38)25-15-9-19-36(25,29)40/h3-7,10-13,16-17,24-25,28-29H,8-9,14-15,18-19H2,1-2H3/t24-,25-,28-,29-,35+,36+/m0/s1. The maximum atomic E-state index is 14.5. The molecule has 0 radical (unpaired) electrons. The molecule has 42 heavy (non-hydrogen) atoms. The van der Waals surface area contributed by atoms with E-state index in [4.69, 9.17) is 14.5 Å². The zero-order chi connectivity index (χ0) is 29.2. The Balaban J connectivity index is 1.38. The Labute approximate surface area is 243 Å². The van der Waals surface area contributed by atoms with Crippen molar-refractivity contribution in [2.24, 2.45) is 0 Å². The van der Waals surface area contributed by atoms with Gasteiger partial charge in [-0.05, 0) is 36.4 Å². The molecular weight excluding hydrogens is 538 g/mol. The topological polar surface area (TPSA) is 118 Å². The van der Waals surface area contributed by atoms with E-state index in [9.17, 15) is 20.0 Å². The fourth-order valence-corrected chi connectivity index (χ4v) is 7.60. The number of quaternary nitrogens is 2. The molecule has 2 aromatic carbocycles. The van der Waals surface area contributed by atoms with Gasteiger partial charge in [-0.15, -0.1) is 0 Å². The lowest BCUT2D eigenvalue weighted by Gasteiger charge is -2.45. The number of fused-ring (bicyclic) bond motifs is 2. The van der Waals surface area contributed by atoms with Gasteiger partial charge in [-0.3, -0.25) is 9.59 Å². The number of hydrogen-bond donors (Lipinski definition) is 0. The van der Waals surface area contributed by atoms with E-state index in [0.717, 1.165) is 0 Å². The van der Waals surface area contributed by atoms with Crippen LogP contribution in [0, 0.1) is 10.4 Å². The zero-order valence-electron chi connectivity index (χ0n) is 23.6. The second kappa shape index (κ2) is 9.77. The van der Waals surface area contributed by atoms with E-state index >= 15 is 0 Å². The summed E-state index contributed by atoms with van der Waals surface area (Å²) in [5.41, 5.74) is 1.77. The summed E-state index contributed by atoms with van der Waals surface area (Å²) in [6, 6.07) is 18.0. The van der Waals surface area contributed by atoms with Gasteiger partial charge in [0.2, 0.25) is 12.3 Å². The first kappa shape index (κ1) is 26.8. The molecule has 4 aliphatic heterocycles. The maximum absolute atomic E-state index is 14.5. The van der Waals surface area contributed by atoms with E-state index in [1.807, 2.05) is 12.1 Å². The van der Waals surface area contributed by atoms with Crippen LogP contribution in [0.2, 0.25) is 0 Å². The number of amides is 2. The number of carbonyl (C=O) groups is 2. The van der Waals surface area contributed by atoms with Crippen molar-refractivity contribution in [3.8, 4) is 11.5 Å². The molecule has 1 aromatic heterocycles. The summed E-state index contributed by atoms with van der Waals surface area (Å²) < 4.78 is 9.68. The van der Waals surface area contributed by atoms with Crippen molar-refractivity contribution < 1.29 is 28.4 Å². The number of anilines is 2. The molecule has 3 aromatic rings. The first-order valence-electron chi connectivity index (χ1n) is 14.4. The first-order valence-corrected chi connectivity index (χ1v) is 14.4. The number of hydroxylamine groups is 6. The summed E-state index contributed by atoms with van der Waals surface area (Å²) in [4.78, 5) is 35.7. The molecule has 4 aliphatic rings. The number of aromatic nitrogens is 1. The number of ether oxygens (including phenoxy) is 2. The predicted molar refractivity (Wildman–Crippen MR) is 154 cm³/mol. The Kier molecular flexibility index (Phi) is 6.24. The van der Waals surface area contributed by atoms with Crippen molar-refractivity contribution in [2.75, 3.05) is 37.1 Å². The van der Waals surface area contributed by atoms with Crippen molar-refractivity contribution >= 4 is 23.2 Å². The van der Waals surface area contributed by atoms with Gasteiger partial charge in [-0.1, -0.05) is 30.3 Å². The quantitative estimate of drug-likeness (QED) is 0.322. The van der Waals surface area contributed by atoms with Crippen LogP contribution in [0.4, 0.5) is 11.4 Å².